The van der Waals surface area contributed by atoms with E-state index in [0.717, 1.165) is 22.5 Å². The first-order valence-electron chi connectivity index (χ1n) is 5.92. The number of nitrogen functional groups attached to an aromatic ring is 1. The van der Waals surface area contributed by atoms with Crippen molar-refractivity contribution in [3.63, 3.8) is 0 Å². The zero-order chi connectivity index (χ0) is 11.2. The fourth-order valence-electron chi connectivity index (χ4n) is 2.08. The van der Waals surface area contributed by atoms with Crippen LogP contribution in [0.1, 0.15) is 37.8 Å². The minimum absolute atomic E-state index is 0.752. The predicted molar refractivity (Wildman–Crippen MR) is 70.2 cm³/mol. The van der Waals surface area contributed by atoms with E-state index in [2.05, 4.69) is 16.5 Å². The van der Waals surface area contributed by atoms with Crippen LogP contribution in [0.3, 0.4) is 0 Å². The zero-order valence-corrected chi connectivity index (χ0v) is 10.3. The van der Waals surface area contributed by atoms with Gasteiger partial charge in [0.25, 0.3) is 0 Å². The standard InChI is InChI=1S/C12H19N3S/c13-15-12-8-4-5-10(14-12)9-16-11-6-2-1-3-7-11/h4-5,8,11H,1-3,6-7,9,13H2,(H,14,15). The molecule has 0 aliphatic heterocycles. The third-order valence-corrected chi connectivity index (χ3v) is 4.38. The van der Waals surface area contributed by atoms with Crippen LogP contribution in [0.4, 0.5) is 5.82 Å². The SMILES string of the molecule is NNc1cccc(CSC2CCCCC2)n1. The number of rotatable bonds is 4. The van der Waals surface area contributed by atoms with E-state index in [0.29, 0.717) is 0 Å². The summed E-state index contributed by atoms with van der Waals surface area (Å²) >= 11 is 2.04. The molecule has 1 aliphatic carbocycles. The summed E-state index contributed by atoms with van der Waals surface area (Å²) < 4.78 is 0. The molecule has 1 fully saturated rings. The number of nitrogens with one attached hydrogen (secondary N) is 1. The van der Waals surface area contributed by atoms with Gasteiger partial charge in [0.05, 0.1) is 5.69 Å². The molecule has 3 nitrogen and oxygen atoms in total. The molecule has 0 bridgehead atoms. The first-order chi connectivity index (χ1) is 7.88. The lowest BCUT2D eigenvalue weighted by Gasteiger charge is -2.20. The van der Waals surface area contributed by atoms with Crippen LogP contribution >= 0.6 is 11.8 Å². The molecular formula is C12H19N3S. The highest BCUT2D eigenvalue weighted by atomic mass is 32.2. The lowest BCUT2D eigenvalue weighted by Crippen LogP contribution is -2.10. The molecule has 1 aromatic rings. The van der Waals surface area contributed by atoms with Crippen LogP contribution in [0.25, 0.3) is 0 Å². The highest BCUT2D eigenvalue weighted by Crippen LogP contribution is 2.30. The Kier molecular flexibility index (Phi) is 4.48. The quantitative estimate of drug-likeness (QED) is 0.624. The van der Waals surface area contributed by atoms with E-state index in [1.165, 1.54) is 32.1 Å². The van der Waals surface area contributed by atoms with E-state index >= 15 is 0 Å². The van der Waals surface area contributed by atoms with Crippen LogP contribution in [-0.2, 0) is 5.75 Å². The second kappa shape index (κ2) is 6.11. The van der Waals surface area contributed by atoms with Gasteiger partial charge >= 0.3 is 0 Å². The van der Waals surface area contributed by atoms with Crippen LogP contribution in [0.15, 0.2) is 18.2 Å². The Balaban J connectivity index is 1.83. The van der Waals surface area contributed by atoms with Crippen LogP contribution in [0.5, 0.6) is 0 Å². The number of thioether (sulfide) groups is 1. The molecule has 0 unspecified atom stereocenters. The Morgan fingerprint density at radius 2 is 2.12 bits per heavy atom. The van der Waals surface area contributed by atoms with E-state index in [4.69, 9.17) is 5.84 Å². The third-order valence-electron chi connectivity index (χ3n) is 2.97. The van der Waals surface area contributed by atoms with Crippen molar-refractivity contribution in [3.8, 4) is 0 Å². The molecule has 0 saturated heterocycles. The summed E-state index contributed by atoms with van der Waals surface area (Å²) in [6, 6.07) is 5.95. The lowest BCUT2D eigenvalue weighted by molar-refractivity contribution is 0.516. The van der Waals surface area contributed by atoms with Crippen molar-refractivity contribution < 1.29 is 0 Å². The Morgan fingerprint density at radius 1 is 1.31 bits per heavy atom. The van der Waals surface area contributed by atoms with Crippen LogP contribution < -0.4 is 11.3 Å². The van der Waals surface area contributed by atoms with Crippen molar-refractivity contribution in [1.29, 1.82) is 0 Å². The molecule has 1 heterocycles. The van der Waals surface area contributed by atoms with Crippen molar-refractivity contribution in [2.45, 2.75) is 43.1 Å². The summed E-state index contributed by atoms with van der Waals surface area (Å²) in [7, 11) is 0. The maximum atomic E-state index is 5.34. The van der Waals surface area contributed by atoms with Gasteiger partial charge in [-0.05, 0) is 25.0 Å². The number of nitrogens with two attached hydrogens (primary N) is 1. The van der Waals surface area contributed by atoms with E-state index in [-0.39, 0.29) is 0 Å². The summed E-state index contributed by atoms with van der Waals surface area (Å²) in [6.45, 7) is 0. The molecule has 1 aliphatic rings. The van der Waals surface area contributed by atoms with Gasteiger partial charge < -0.3 is 5.43 Å². The molecule has 3 N–H and O–H groups in total. The lowest BCUT2D eigenvalue weighted by atomic mass is 10.0. The van der Waals surface area contributed by atoms with Crippen molar-refractivity contribution in [2.24, 2.45) is 5.84 Å². The molecule has 0 aromatic carbocycles. The van der Waals surface area contributed by atoms with Gasteiger partial charge in [0, 0.05) is 11.0 Å². The van der Waals surface area contributed by atoms with Gasteiger partial charge in [-0.1, -0.05) is 25.3 Å². The zero-order valence-electron chi connectivity index (χ0n) is 9.48. The van der Waals surface area contributed by atoms with Crippen molar-refractivity contribution in [1.82, 2.24) is 4.98 Å². The molecule has 0 spiro atoms. The number of pyridine rings is 1. The summed E-state index contributed by atoms with van der Waals surface area (Å²) in [5.41, 5.74) is 3.70. The Morgan fingerprint density at radius 3 is 2.88 bits per heavy atom. The molecule has 2 rings (SSSR count). The van der Waals surface area contributed by atoms with Gasteiger partial charge in [0.15, 0.2) is 0 Å². The summed E-state index contributed by atoms with van der Waals surface area (Å²) in [6.07, 6.45) is 6.96. The summed E-state index contributed by atoms with van der Waals surface area (Å²) in [5.74, 6) is 7.09. The second-order valence-corrected chi connectivity index (χ2v) is 5.52. The molecular weight excluding hydrogens is 218 g/mol. The third kappa shape index (κ3) is 3.39. The number of aromatic nitrogens is 1. The number of hydrogen-bond acceptors (Lipinski definition) is 4. The van der Waals surface area contributed by atoms with Crippen LogP contribution in [0, 0.1) is 0 Å². The second-order valence-electron chi connectivity index (χ2n) is 4.23. The summed E-state index contributed by atoms with van der Waals surface area (Å²) in [4.78, 5) is 4.42. The molecule has 4 heteroatoms. The average molecular weight is 237 g/mol. The van der Waals surface area contributed by atoms with Gasteiger partial charge in [0.2, 0.25) is 0 Å². The summed E-state index contributed by atoms with van der Waals surface area (Å²) in [5, 5.41) is 0.838. The highest BCUT2D eigenvalue weighted by Gasteiger charge is 2.13. The number of anilines is 1. The maximum Gasteiger partial charge on any atom is 0.140 e. The van der Waals surface area contributed by atoms with E-state index in [1.807, 2.05) is 23.9 Å². The van der Waals surface area contributed by atoms with E-state index in [1.54, 1.807) is 0 Å². The van der Waals surface area contributed by atoms with E-state index < -0.39 is 0 Å². The minimum Gasteiger partial charge on any atom is -0.308 e. The first-order valence-corrected chi connectivity index (χ1v) is 6.97. The van der Waals surface area contributed by atoms with Gasteiger partial charge in [-0.25, -0.2) is 10.8 Å². The van der Waals surface area contributed by atoms with Gasteiger partial charge in [0.1, 0.15) is 5.82 Å². The van der Waals surface area contributed by atoms with Gasteiger partial charge in [-0.15, -0.1) is 0 Å². The number of hydrogen-bond donors (Lipinski definition) is 2. The fourth-order valence-corrected chi connectivity index (χ4v) is 3.31. The number of nitrogens with zero attached hydrogens (tertiary/aromatic N) is 1. The topological polar surface area (TPSA) is 50.9 Å². The average Bonchev–Trinajstić information content (AvgIpc) is 2.38. The maximum absolute atomic E-state index is 5.34. The molecule has 88 valence electrons. The molecule has 0 amide bonds. The van der Waals surface area contributed by atoms with Crippen molar-refractivity contribution >= 4 is 17.6 Å². The molecule has 16 heavy (non-hydrogen) atoms. The van der Waals surface area contributed by atoms with Gasteiger partial charge in [-0.3, -0.25) is 0 Å². The molecule has 1 saturated carbocycles. The van der Waals surface area contributed by atoms with Crippen LogP contribution in [-0.4, -0.2) is 10.2 Å². The van der Waals surface area contributed by atoms with E-state index in [9.17, 15) is 0 Å². The van der Waals surface area contributed by atoms with Crippen molar-refractivity contribution in [2.75, 3.05) is 5.43 Å². The van der Waals surface area contributed by atoms with Gasteiger partial charge in [-0.2, -0.15) is 11.8 Å². The number of hydrazine groups is 1. The molecule has 1 aromatic heterocycles. The normalized spacial score (nSPS) is 17.3. The van der Waals surface area contributed by atoms with Crippen molar-refractivity contribution in [3.05, 3.63) is 23.9 Å². The monoisotopic (exact) mass is 237 g/mol. The highest BCUT2D eigenvalue weighted by molar-refractivity contribution is 7.99. The largest absolute Gasteiger partial charge is 0.308 e. The molecule has 0 atom stereocenters. The first kappa shape index (κ1) is 11.7. The fraction of sp³-hybridized carbons (Fsp3) is 0.583. The Hall–Kier alpha value is -0.740. The predicted octanol–water partition coefficient (Wildman–Crippen LogP) is 2.93. The Bertz CT molecular complexity index is 324. The van der Waals surface area contributed by atoms with Crippen LogP contribution in [0.2, 0.25) is 0 Å². The smallest absolute Gasteiger partial charge is 0.140 e. The minimum atomic E-state index is 0.752. The molecule has 0 radical (unpaired) electrons. The Labute approximate surface area is 101 Å².